The van der Waals surface area contributed by atoms with Crippen LogP contribution in [0.15, 0.2) is 134 Å². The molecule has 0 amide bonds. The van der Waals surface area contributed by atoms with E-state index >= 15 is 0 Å². The number of β-amino-alcohol motifs (C(OH)–C–C–N with tert-alkyl or cyclic N) is 1. The molecule has 4 aromatic carbocycles. The van der Waals surface area contributed by atoms with Crippen LogP contribution in [0.25, 0.3) is 44.5 Å². The van der Waals surface area contributed by atoms with Gasteiger partial charge in [0.1, 0.15) is 23.5 Å². The number of carbonyl (C=O) groups is 4. The maximum absolute atomic E-state index is 12.9. The van der Waals surface area contributed by atoms with Crippen LogP contribution in [0.3, 0.4) is 0 Å². The van der Waals surface area contributed by atoms with Crippen LogP contribution < -0.4 is 41.3 Å². The highest BCUT2D eigenvalue weighted by atomic mass is 35.5. The molecule has 26 nitrogen and oxygen atoms in total. The number of halogens is 6. The van der Waals surface area contributed by atoms with Crippen molar-refractivity contribution in [2.45, 2.75) is 159 Å². The predicted molar refractivity (Wildman–Crippen MR) is 524 cm³/mol. The van der Waals surface area contributed by atoms with Crippen LogP contribution in [0.5, 0.6) is 0 Å². The van der Waals surface area contributed by atoms with Crippen molar-refractivity contribution in [2.75, 3.05) is 139 Å². The van der Waals surface area contributed by atoms with Gasteiger partial charge in [-0.25, -0.2) is 26.3 Å². The average Bonchev–Trinajstić information content (AvgIpc) is 1.22. The summed E-state index contributed by atoms with van der Waals surface area (Å²) in [5, 5.41) is 33.5. The molecule has 9 N–H and O–H groups in total. The second kappa shape index (κ2) is 49.1. The fourth-order valence-electron chi connectivity index (χ4n) is 18.3. The number of pyridine rings is 4. The van der Waals surface area contributed by atoms with E-state index in [0.29, 0.717) is 141 Å². The summed E-state index contributed by atoms with van der Waals surface area (Å²) in [5.74, 6) is 1.78. The Morgan fingerprint density at radius 1 is 0.417 bits per heavy atom. The SMILES string of the molecule is CC1(C)C[C@@H](CNc2cccc(-c3cc(CC(=O)[C@H]4CNCCO4)ncc3Cl)c2)CCO1.CS(=O)(=O)N[C@@H]1CC[C@H](C(=O)Cc2cc(-c3cc(NCC4CCOCC4)ccc3Cl)c(Cl)cn2)C1.CS(=O)(=O)N[C@H]1CC[C@@H](C(=O)Cc2cc(-c3cc(NCC4CCOCC4)ccc3Cl)c(Cl)cn2)C1.O=C(Cc1cc(-c2cccc(NCC3CCOCC3)c2)c(Cl)cn1)[C@H]1CNC[C@H]1O. The Morgan fingerprint density at radius 3 is 1.19 bits per heavy atom. The zero-order chi connectivity index (χ0) is 93.5. The monoisotopic (exact) mass is 1960 g/mol. The number of aliphatic hydroxyl groups is 1. The normalized spacial score (nSPS) is 21.9. The lowest BCUT2D eigenvalue weighted by molar-refractivity contribution is -0.131. The van der Waals surface area contributed by atoms with Gasteiger partial charge in [-0.1, -0.05) is 93.9 Å². The molecular weight excluding hydrogens is 1850 g/mol. The third-order valence-electron chi connectivity index (χ3n) is 25.6. The fourth-order valence-corrected chi connectivity index (χ4v) is 21.2. The van der Waals surface area contributed by atoms with Crippen molar-refractivity contribution < 1.29 is 64.8 Å². The molecule has 2 aliphatic carbocycles. The molecule has 0 spiro atoms. The summed E-state index contributed by atoms with van der Waals surface area (Å²) in [6, 6.07) is 35.0. The Labute approximate surface area is 805 Å². The molecule has 10 heterocycles. The minimum atomic E-state index is -3.29. The summed E-state index contributed by atoms with van der Waals surface area (Å²) in [6.07, 6.45) is 20.5. The van der Waals surface area contributed by atoms with Gasteiger partial charge < -0.3 is 60.7 Å². The number of carbonyl (C=O) groups excluding carboxylic acids is 4. The van der Waals surface area contributed by atoms with Crippen molar-refractivity contribution in [1.82, 2.24) is 40.0 Å². The number of Topliss-reactive ketones (excluding diaryl/α,β-unsaturated/α-hetero) is 4. The van der Waals surface area contributed by atoms with Gasteiger partial charge in [-0.15, -0.1) is 0 Å². The lowest BCUT2D eigenvalue weighted by Crippen LogP contribution is -2.43. The maximum Gasteiger partial charge on any atom is 0.208 e. The molecule has 6 saturated heterocycles. The Morgan fingerprint density at radius 2 is 0.795 bits per heavy atom. The highest BCUT2D eigenvalue weighted by Gasteiger charge is 2.36. The molecule has 8 aromatic rings. The van der Waals surface area contributed by atoms with E-state index in [4.69, 9.17) is 93.3 Å². The first kappa shape index (κ1) is 102. The van der Waals surface area contributed by atoms with Crippen LogP contribution in [0.1, 0.15) is 127 Å². The molecule has 2 saturated carbocycles. The first-order valence-corrected chi connectivity index (χ1v) is 51.9. The molecule has 0 unspecified atom stereocenters. The van der Waals surface area contributed by atoms with Gasteiger partial charge in [0.15, 0.2) is 5.78 Å². The van der Waals surface area contributed by atoms with Crippen molar-refractivity contribution in [2.24, 2.45) is 41.4 Å². The van der Waals surface area contributed by atoms with Crippen LogP contribution in [-0.4, -0.2) is 213 Å². The topological polar surface area (TPSA) is 351 Å². The number of hydrogen-bond acceptors (Lipinski definition) is 24. The fraction of sp³-hybridized carbons (Fsp3) is 0.510. The number of rotatable bonds is 32. The van der Waals surface area contributed by atoms with Gasteiger partial charge in [0.25, 0.3) is 0 Å². The third-order valence-corrected chi connectivity index (χ3v) is 28.9. The Balaban J connectivity index is 0.000000150. The Kier molecular flexibility index (Phi) is 37.9. The number of benzene rings is 4. The van der Waals surface area contributed by atoms with E-state index in [9.17, 15) is 41.1 Å². The highest BCUT2D eigenvalue weighted by molar-refractivity contribution is 7.89. The van der Waals surface area contributed by atoms with E-state index in [1.54, 1.807) is 24.8 Å². The summed E-state index contributed by atoms with van der Waals surface area (Å²) in [4.78, 5) is 68.4. The van der Waals surface area contributed by atoms with Gasteiger partial charge in [0.05, 0.1) is 63.3 Å². The van der Waals surface area contributed by atoms with E-state index in [1.807, 2.05) is 84.9 Å². The number of nitrogens with zero attached hydrogens (tertiary/aromatic N) is 4. The number of aromatic nitrogens is 4. The van der Waals surface area contributed by atoms with Gasteiger partial charge in [-0.3, -0.25) is 39.1 Å². The van der Waals surface area contributed by atoms with Crippen LogP contribution in [0.4, 0.5) is 22.7 Å². The molecule has 132 heavy (non-hydrogen) atoms. The quantitative estimate of drug-likeness (QED) is 0.0189. The molecule has 6 aliphatic heterocycles. The highest BCUT2D eigenvalue weighted by Crippen LogP contribution is 2.41. The number of hydrogen-bond donors (Lipinski definition) is 9. The summed E-state index contributed by atoms with van der Waals surface area (Å²) in [7, 11) is -6.57. The smallest absolute Gasteiger partial charge is 0.208 e. The van der Waals surface area contributed by atoms with Crippen molar-refractivity contribution in [3.05, 3.63) is 187 Å². The van der Waals surface area contributed by atoms with Crippen molar-refractivity contribution in [3.63, 3.8) is 0 Å². The summed E-state index contributed by atoms with van der Waals surface area (Å²) >= 11 is 39.0. The largest absolute Gasteiger partial charge is 0.391 e. The van der Waals surface area contributed by atoms with Crippen LogP contribution in [-0.2, 0) is 88.6 Å². The predicted octanol–water partition coefficient (Wildman–Crippen LogP) is 16.5. The van der Waals surface area contributed by atoms with Crippen molar-refractivity contribution in [1.29, 1.82) is 0 Å². The molecule has 0 bridgehead atoms. The molecule has 712 valence electrons. The van der Waals surface area contributed by atoms with E-state index in [1.165, 1.54) is 0 Å². The first-order valence-electron chi connectivity index (χ1n) is 45.8. The summed E-state index contributed by atoms with van der Waals surface area (Å²) in [5.41, 5.74) is 13.3. The van der Waals surface area contributed by atoms with Crippen LogP contribution >= 0.6 is 69.6 Å². The number of sulfonamides is 2. The molecule has 0 radical (unpaired) electrons. The van der Waals surface area contributed by atoms with Gasteiger partial charge in [0, 0.05) is 256 Å². The standard InChI is InChI=1S/2C25H31Cl2N3O4S.C25H32ClN3O3.C23H28ClN3O3/c2*1-35(32,33)30-19-3-2-17(10-19)25(31)13-20-12-22(24(27)15-29-20)21-11-18(4-5-23(21)26)28-14-16-6-8-34-9-7-16;1-25(2)13-17(6-8-32-25)14-28-19-5-3-4-18(10-19)21-11-20(29-15-22(21)26)12-23(30)24-16-27-7-9-31-24;24-21-13-27-18(10-22(28)20-12-25-14-23(20)29)9-19(21)16-2-1-3-17(8-16)26-11-15-4-6-30-7-5-15/h2*4-5,11-12,15-17,19,28,30H,2-3,6-10,13-14H2,1H3;3-5,10-11,15,17,24,27-28H,6-9,12-14,16H2,1-2H3;1-3,8-9,13,15,20,23,25-26,29H,4-7,10-12,14H2/t2*17-,19+;17-,24+;20-,23-/m1001/s1. The zero-order valence-electron chi connectivity index (χ0n) is 75.2. The van der Waals surface area contributed by atoms with E-state index in [-0.39, 0.29) is 84.3 Å². The van der Waals surface area contributed by atoms with Crippen molar-refractivity contribution in [3.8, 4) is 44.5 Å². The van der Waals surface area contributed by atoms with Gasteiger partial charge in [-0.2, -0.15) is 0 Å². The van der Waals surface area contributed by atoms with Crippen LogP contribution in [0, 0.1) is 41.4 Å². The second-order valence-corrected chi connectivity index (χ2v) is 42.5. The first-order chi connectivity index (χ1) is 63.3. The minimum absolute atomic E-state index is 0.000140. The van der Waals surface area contributed by atoms with E-state index in [0.717, 1.165) is 210 Å². The summed E-state index contributed by atoms with van der Waals surface area (Å²) < 4.78 is 78.9. The molecule has 16 rings (SSSR count). The van der Waals surface area contributed by atoms with Gasteiger partial charge in [-0.05, 0) is 223 Å². The number of ketones is 4. The van der Waals surface area contributed by atoms with Gasteiger partial charge in [0.2, 0.25) is 20.0 Å². The minimum Gasteiger partial charge on any atom is -0.391 e. The summed E-state index contributed by atoms with van der Waals surface area (Å²) in [6.45, 7) is 16.5. The molecule has 4 aromatic heterocycles. The molecular formula is C98H122Cl6N12O14S2. The van der Waals surface area contributed by atoms with E-state index < -0.39 is 32.3 Å². The van der Waals surface area contributed by atoms with E-state index in [2.05, 4.69) is 99.4 Å². The third kappa shape index (κ3) is 31.3. The molecule has 8 aliphatic rings. The maximum atomic E-state index is 12.9. The zero-order valence-corrected chi connectivity index (χ0v) is 81.4. The average molecular weight is 1970 g/mol. The van der Waals surface area contributed by atoms with Crippen LogP contribution in [0.2, 0.25) is 30.1 Å². The molecule has 8 atom stereocenters. The number of ether oxygens (including phenoxy) is 5. The lowest BCUT2D eigenvalue weighted by Gasteiger charge is -2.35. The number of morpholine rings is 1. The lowest BCUT2D eigenvalue weighted by atomic mass is 9.88. The number of nitrogens with one attached hydrogen (secondary N) is 8. The van der Waals surface area contributed by atoms with Crippen molar-refractivity contribution >= 4 is 136 Å². The second-order valence-electron chi connectivity index (χ2n) is 36.5. The molecule has 34 heteroatoms. The Bertz CT molecular complexity index is 5310. The number of aliphatic hydroxyl groups excluding tert-OH is 1. The molecule has 8 fully saturated rings. The van der Waals surface area contributed by atoms with Gasteiger partial charge >= 0.3 is 0 Å². The number of anilines is 4. The Hall–Kier alpha value is -7.40.